The summed E-state index contributed by atoms with van der Waals surface area (Å²) in [6.07, 6.45) is 4.64. The quantitative estimate of drug-likeness (QED) is 0.281. The molecule has 41 heavy (non-hydrogen) atoms. The van der Waals surface area contributed by atoms with Crippen LogP contribution in [0, 0.1) is 0 Å². The summed E-state index contributed by atoms with van der Waals surface area (Å²) in [4.78, 5) is 25.8. The van der Waals surface area contributed by atoms with Gasteiger partial charge in [0.1, 0.15) is 0 Å². The first-order valence-electron chi connectivity index (χ1n) is 13.9. The Kier molecular flexibility index (Phi) is 8.94. The number of H-pyrrole nitrogens is 1. The zero-order valence-electron chi connectivity index (χ0n) is 24.2. The number of piperidine rings is 1. The molecule has 216 valence electrons. The summed E-state index contributed by atoms with van der Waals surface area (Å²) in [5.41, 5.74) is 4.79. The van der Waals surface area contributed by atoms with Gasteiger partial charge in [0, 0.05) is 37.4 Å². The average molecular weight is 559 g/mol. The number of rotatable bonds is 11. The number of hydrogen-bond donors (Lipinski definition) is 1. The van der Waals surface area contributed by atoms with E-state index in [0.717, 1.165) is 72.7 Å². The van der Waals surface area contributed by atoms with Crippen LogP contribution in [-0.2, 0) is 17.6 Å². The van der Waals surface area contributed by atoms with Gasteiger partial charge in [0.05, 0.1) is 52.2 Å². The number of amides is 1. The number of nitrogens with zero attached hydrogens (tertiary/aromatic N) is 3. The Labute approximate surface area is 241 Å². The number of methoxy groups -OCH3 is 4. The molecule has 1 fully saturated rings. The highest BCUT2D eigenvalue weighted by molar-refractivity contribution is 5.96. The number of imidazole rings is 1. The van der Waals surface area contributed by atoms with Gasteiger partial charge in [-0.25, -0.2) is 4.98 Å². The van der Waals surface area contributed by atoms with Crippen LogP contribution in [0.3, 0.4) is 0 Å². The van der Waals surface area contributed by atoms with E-state index in [4.69, 9.17) is 18.9 Å². The van der Waals surface area contributed by atoms with Crippen molar-refractivity contribution in [3.8, 4) is 23.0 Å². The summed E-state index contributed by atoms with van der Waals surface area (Å²) < 4.78 is 21.9. The average Bonchev–Trinajstić information content (AvgIpc) is 3.48. The third-order valence-electron chi connectivity index (χ3n) is 7.84. The van der Waals surface area contributed by atoms with Crippen molar-refractivity contribution in [1.82, 2.24) is 14.9 Å². The van der Waals surface area contributed by atoms with E-state index in [2.05, 4.69) is 20.9 Å². The van der Waals surface area contributed by atoms with Crippen LogP contribution in [0.2, 0.25) is 0 Å². The number of likely N-dealkylation sites (tertiary alicyclic amines) is 1. The molecule has 9 nitrogen and oxygen atoms in total. The molecule has 1 saturated heterocycles. The smallest absolute Gasteiger partial charge is 0.231 e. The number of benzene rings is 3. The largest absolute Gasteiger partial charge is 0.493 e. The minimum Gasteiger partial charge on any atom is -0.493 e. The van der Waals surface area contributed by atoms with Gasteiger partial charge in [-0.1, -0.05) is 12.1 Å². The van der Waals surface area contributed by atoms with E-state index >= 15 is 0 Å². The van der Waals surface area contributed by atoms with Crippen LogP contribution >= 0.6 is 0 Å². The van der Waals surface area contributed by atoms with E-state index in [9.17, 15) is 4.79 Å². The van der Waals surface area contributed by atoms with Gasteiger partial charge >= 0.3 is 0 Å². The number of ether oxygens (including phenoxy) is 4. The fourth-order valence-electron chi connectivity index (χ4n) is 5.61. The molecule has 0 aliphatic carbocycles. The monoisotopic (exact) mass is 558 g/mol. The first-order valence-corrected chi connectivity index (χ1v) is 13.9. The third kappa shape index (κ3) is 6.41. The van der Waals surface area contributed by atoms with Gasteiger partial charge in [0.25, 0.3) is 0 Å². The molecular weight excluding hydrogens is 520 g/mol. The number of aromatic nitrogens is 2. The fourth-order valence-corrected chi connectivity index (χ4v) is 5.61. The highest BCUT2D eigenvalue weighted by Gasteiger charge is 2.30. The van der Waals surface area contributed by atoms with Crippen molar-refractivity contribution in [2.75, 3.05) is 53.0 Å². The number of carbonyl (C=O) groups is 1. The summed E-state index contributed by atoms with van der Waals surface area (Å²) in [6, 6.07) is 17.8. The van der Waals surface area contributed by atoms with Crippen molar-refractivity contribution in [2.45, 2.75) is 31.7 Å². The van der Waals surface area contributed by atoms with Gasteiger partial charge in [0.15, 0.2) is 23.0 Å². The Bertz CT molecular complexity index is 1480. The normalized spacial score (nSPS) is 14.1. The van der Waals surface area contributed by atoms with E-state index in [-0.39, 0.29) is 11.9 Å². The van der Waals surface area contributed by atoms with Gasteiger partial charge in [-0.05, 0) is 66.8 Å². The van der Waals surface area contributed by atoms with E-state index in [1.807, 2.05) is 53.4 Å². The van der Waals surface area contributed by atoms with Crippen LogP contribution < -0.4 is 23.8 Å². The number of anilines is 1. The van der Waals surface area contributed by atoms with Gasteiger partial charge < -0.3 is 33.7 Å². The lowest BCUT2D eigenvalue weighted by molar-refractivity contribution is -0.118. The van der Waals surface area contributed by atoms with E-state index in [0.29, 0.717) is 17.9 Å². The lowest BCUT2D eigenvalue weighted by Gasteiger charge is -2.39. The topological polar surface area (TPSA) is 89.2 Å². The molecule has 4 aromatic rings. The van der Waals surface area contributed by atoms with Gasteiger partial charge in [0.2, 0.25) is 5.91 Å². The van der Waals surface area contributed by atoms with Crippen molar-refractivity contribution >= 4 is 22.6 Å². The molecule has 3 aromatic carbocycles. The van der Waals surface area contributed by atoms with Crippen LogP contribution in [0.15, 0.2) is 60.9 Å². The molecule has 5 rings (SSSR count). The molecule has 9 heteroatoms. The van der Waals surface area contributed by atoms with E-state index in [1.54, 1.807) is 34.8 Å². The fraction of sp³-hybridized carbons (Fsp3) is 0.375. The highest BCUT2D eigenvalue weighted by atomic mass is 16.5. The van der Waals surface area contributed by atoms with Crippen LogP contribution in [0.25, 0.3) is 11.0 Å². The van der Waals surface area contributed by atoms with Crippen molar-refractivity contribution in [3.05, 3.63) is 72.1 Å². The minimum absolute atomic E-state index is 0.0554. The first kappa shape index (κ1) is 28.3. The number of hydrogen-bond acceptors (Lipinski definition) is 7. The summed E-state index contributed by atoms with van der Waals surface area (Å²) in [5, 5.41) is 0. The van der Waals surface area contributed by atoms with Crippen LogP contribution in [0.1, 0.15) is 24.0 Å². The van der Waals surface area contributed by atoms with Crippen LogP contribution in [-0.4, -0.2) is 74.9 Å². The second-order valence-electron chi connectivity index (χ2n) is 10.2. The maximum Gasteiger partial charge on any atom is 0.231 e. The molecule has 0 bridgehead atoms. The molecule has 0 unspecified atom stereocenters. The summed E-state index contributed by atoms with van der Waals surface area (Å²) in [7, 11) is 6.54. The zero-order chi connectivity index (χ0) is 28.8. The molecule has 0 radical (unpaired) electrons. The molecule has 1 aliphatic heterocycles. The highest BCUT2D eigenvalue weighted by Crippen LogP contribution is 2.34. The predicted molar refractivity (Wildman–Crippen MR) is 160 cm³/mol. The molecule has 0 spiro atoms. The standard InChI is InChI=1S/C32H38N4O5/c1-38-28-9-6-22(18-30(28)40-3)11-14-35-15-12-24(13-16-35)36(25-7-10-29(39-2)31(20-25)41-4)32(37)19-23-5-8-26-27(17-23)34-21-33-26/h5-10,17-18,20-21,24H,11-16,19H2,1-4H3,(H,33,34). The minimum atomic E-state index is 0.0554. The summed E-state index contributed by atoms with van der Waals surface area (Å²) >= 11 is 0. The van der Waals surface area contributed by atoms with Crippen LogP contribution in [0.5, 0.6) is 23.0 Å². The number of carbonyl (C=O) groups excluding carboxylic acids is 1. The predicted octanol–water partition coefficient (Wildman–Crippen LogP) is 4.88. The molecule has 0 atom stereocenters. The number of nitrogens with one attached hydrogen (secondary N) is 1. The molecule has 1 aromatic heterocycles. The molecule has 1 aliphatic rings. The second kappa shape index (κ2) is 13.0. The van der Waals surface area contributed by atoms with Crippen molar-refractivity contribution in [3.63, 3.8) is 0 Å². The van der Waals surface area contributed by atoms with Gasteiger partial charge in [-0.3, -0.25) is 4.79 Å². The first-order chi connectivity index (χ1) is 20.0. The Balaban J connectivity index is 1.30. The lowest BCUT2D eigenvalue weighted by atomic mass is 10.00. The van der Waals surface area contributed by atoms with E-state index in [1.165, 1.54) is 5.56 Å². The molecule has 1 amide bonds. The Hall–Kier alpha value is -4.24. The van der Waals surface area contributed by atoms with Gasteiger partial charge in [-0.2, -0.15) is 0 Å². The summed E-state index contributed by atoms with van der Waals surface area (Å²) in [5.74, 6) is 2.79. The molecular formula is C32H38N4O5. The van der Waals surface area contributed by atoms with Crippen LogP contribution in [0.4, 0.5) is 5.69 Å². The molecule has 1 N–H and O–H groups in total. The van der Waals surface area contributed by atoms with Crippen molar-refractivity contribution in [1.29, 1.82) is 0 Å². The Morgan fingerprint density at radius 1 is 0.854 bits per heavy atom. The second-order valence-corrected chi connectivity index (χ2v) is 10.2. The Morgan fingerprint density at radius 2 is 1.51 bits per heavy atom. The third-order valence-corrected chi connectivity index (χ3v) is 7.84. The maximum absolute atomic E-state index is 13.9. The number of aromatic amines is 1. The molecule has 2 heterocycles. The van der Waals surface area contributed by atoms with Crippen molar-refractivity contribution < 1.29 is 23.7 Å². The van der Waals surface area contributed by atoms with E-state index < -0.39 is 0 Å². The zero-order valence-corrected chi connectivity index (χ0v) is 24.2. The lowest BCUT2D eigenvalue weighted by Crippen LogP contribution is -2.48. The number of fused-ring (bicyclic) bond motifs is 1. The molecule has 0 saturated carbocycles. The summed E-state index contributed by atoms with van der Waals surface area (Å²) in [6.45, 7) is 2.76. The van der Waals surface area contributed by atoms with Gasteiger partial charge in [-0.15, -0.1) is 0 Å². The maximum atomic E-state index is 13.9. The SMILES string of the molecule is COc1ccc(CCN2CCC(N(C(=O)Cc3ccc4nc[nH]c4c3)c3ccc(OC)c(OC)c3)CC2)cc1OC. The van der Waals surface area contributed by atoms with Crippen molar-refractivity contribution in [2.24, 2.45) is 0 Å². The Morgan fingerprint density at radius 3 is 2.22 bits per heavy atom.